The molecule has 0 saturated carbocycles. The lowest BCUT2D eigenvalue weighted by Gasteiger charge is -2.17. The van der Waals surface area contributed by atoms with E-state index < -0.39 is 16.4 Å². The van der Waals surface area contributed by atoms with Crippen molar-refractivity contribution in [2.75, 3.05) is 19.5 Å². The number of fused-ring (bicyclic) bond motifs is 1. The van der Waals surface area contributed by atoms with Crippen LogP contribution in [0, 0.1) is 15.9 Å². The standard InChI is InChI=1S/C17H17FN2O4/c1-23-10-8-13(18)17(20(21)22)15(9-10)19-14-7-6-12-11(14)4-3-5-16(12)24-2/h3-5,8-9,14,19H,6-7H2,1-2H3. The van der Waals surface area contributed by atoms with E-state index in [-0.39, 0.29) is 17.5 Å². The van der Waals surface area contributed by atoms with Gasteiger partial charge in [-0.2, -0.15) is 4.39 Å². The van der Waals surface area contributed by atoms with Crippen LogP contribution in [0.4, 0.5) is 15.8 Å². The third kappa shape index (κ3) is 2.73. The SMILES string of the molecule is COc1cc(F)c([N+](=O)[O-])c(NC2CCc3c(OC)cccc32)c1. The van der Waals surface area contributed by atoms with Gasteiger partial charge in [-0.25, -0.2) is 0 Å². The van der Waals surface area contributed by atoms with Crippen LogP contribution < -0.4 is 14.8 Å². The topological polar surface area (TPSA) is 73.6 Å². The lowest BCUT2D eigenvalue weighted by molar-refractivity contribution is -0.386. The van der Waals surface area contributed by atoms with Gasteiger partial charge in [-0.1, -0.05) is 12.1 Å². The molecule has 0 bridgehead atoms. The summed E-state index contributed by atoms with van der Waals surface area (Å²) in [5, 5.41) is 14.3. The quantitative estimate of drug-likeness (QED) is 0.665. The average Bonchev–Trinajstić information content (AvgIpc) is 2.97. The number of methoxy groups -OCH3 is 2. The number of rotatable bonds is 5. The van der Waals surface area contributed by atoms with E-state index in [1.54, 1.807) is 7.11 Å². The second-order valence-corrected chi connectivity index (χ2v) is 5.53. The van der Waals surface area contributed by atoms with Crippen molar-refractivity contribution >= 4 is 11.4 Å². The second-order valence-electron chi connectivity index (χ2n) is 5.53. The molecule has 1 N–H and O–H groups in total. The van der Waals surface area contributed by atoms with Crippen LogP contribution in [0.2, 0.25) is 0 Å². The number of nitrogens with zero attached hydrogens (tertiary/aromatic N) is 1. The van der Waals surface area contributed by atoms with E-state index in [9.17, 15) is 14.5 Å². The fraction of sp³-hybridized carbons (Fsp3) is 0.294. The Bertz CT molecular complexity index is 794. The number of anilines is 1. The maximum absolute atomic E-state index is 14.1. The van der Waals surface area contributed by atoms with E-state index in [4.69, 9.17) is 9.47 Å². The lowest BCUT2D eigenvalue weighted by Crippen LogP contribution is -2.10. The molecule has 1 aliphatic rings. The van der Waals surface area contributed by atoms with Crippen molar-refractivity contribution in [1.29, 1.82) is 0 Å². The summed E-state index contributed by atoms with van der Waals surface area (Å²) in [5.41, 5.74) is 1.61. The fourth-order valence-corrected chi connectivity index (χ4v) is 3.14. The molecule has 0 saturated heterocycles. The van der Waals surface area contributed by atoms with Gasteiger partial charge in [0.05, 0.1) is 25.2 Å². The number of nitrogens with one attached hydrogen (secondary N) is 1. The molecule has 1 atom stereocenters. The minimum Gasteiger partial charge on any atom is -0.497 e. The minimum absolute atomic E-state index is 0.109. The van der Waals surface area contributed by atoms with Crippen molar-refractivity contribution in [1.82, 2.24) is 0 Å². The van der Waals surface area contributed by atoms with Gasteiger partial charge in [-0.3, -0.25) is 10.1 Å². The van der Waals surface area contributed by atoms with Gasteiger partial charge in [0.25, 0.3) is 0 Å². The smallest absolute Gasteiger partial charge is 0.327 e. The second kappa shape index (κ2) is 6.35. The molecule has 2 aromatic rings. The van der Waals surface area contributed by atoms with Gasteiger partial charge in [0.2, 0.25) is 5.82 Å². The third-order valence-electron chi connectivity index (χ3n) is 4.23. The van der Waals surface area contributed by atoms with Gasteiger partial charge in [-0.15, -0.1) is 0 Å². The molecule has 2 aromatic carbocycles. The Morgan fingerprint density at radius 3 is 2.75 bits per heavy atom. The summed E-state index contributed by atoms with van der Waals surface area (Å²) >= 11 is 0. The summed E-state index contributed by atoms with van der Waals surface area (Å²) in [4.78, 5) is 10.5. The molecule has 7 heteroatoms. The van der Waals surface area contributed by atoms with Crippen LogP contribution in [-0.4, -0.2) is 19.1 Å². The van der Waals surface area contributed by atoms with Crippen molar-refractivity contribution in [3.8, 4) is 11.5 Å². The predicted molar refractivity (Wildman–Crippen MR) is 87.3 cm³/mol. The Morgan fingerprint density at radius 2 is 2.08 bits per heavy atom. The highest BCUT2D eigenvalue weighted by Gasteiger charge is 2.29. The van der Waals surface area contributed by atoms with E-state index in [0.717, 1.165) is 35.8 Å². The normalized spacial score (nSPS) is 15.7. The fourth-order valence-electron chi connectivity index (χ4n) is 3.14. The lowest BCUT2D eigenvalue weighted by atomic mass is 10.1. The first-order valence-electron chi connectivity index (χ1n) is 7.49. The minimum atomic E-state index is -0.925. The van der Waals surface area contributed by atoms with Gasteiger partial charge in [0, 0.05) is 12.1 Å². The zero-order valence-electron chi connectivity index (χ0n) is 13.3. The van der Waals surface area contributed by atoms with E-state index >= 15 is 0 Å². The molecule has 0 fully saturated rings. The monoisotopic (exact) mass is 332 g/mol. The van der Waals surface area contributed by atoms with E-state index in [1.165, 1.54) is 13.2 Å². The van der Waals surface area contributed by atoms with Crippen molar-refractivity contribution in [2.45, 2.75) is 18.9 Å². The number of nitro groups is 1. The summed E-state index contributed by atoms with van der Waals surface area (Å²) < 4.78 is 24.4. The van der Waals surface area contributed by atoms with Gasteiger partial charge in [0.15, 0.2) is 0 Å². The van der Waals surface area contributed by atoms with Crippen LogP contribution in [0.5, 0.6) is 11.5 Å². The molecule has 3 rings (SSSR count). The van der Waals surface area contributed by atoms with Crippen LogP contribution in [0.25, 0.3) is 0 Å². The maximum Gasteiger partial charge on any atom is 0.327 e. The van der Waals surface area contributed by atoms with Crippen molar-refractivity contribution in [3.05, 3.63) is 57.4 Å². The molecule has 0 aliphatic heterocycles. The van der Waals surface area contributed by atoms with Gasteiger partial charge in [-0.05, 0) is 30.0 Å². The molecular formula is C17H17FN2O4. The van der Waals surface area contributed by atoms with E-state index in [2.05, 4.69) is 5.32 Å². The van der Waals surface area contributed by atoms with Crippen LogP contribution in [0.3, 0.4) is 0 Å². The zero-order chi connectivity index (χ0) is 17.3. The molecule has 0 spiro atoms. The Kier molecular flexibility index (Phi) is 4.24. The molecule has 6 nitrogen and oxygen atoms in total. The molecule has 1 aliphatic carbocycles. The van der Waals surface area contributed by atoms with Crippen molar-refractivity contribution in [3.63, 3.8) is 0 Å². The van der Waals surface area contributed by atoms with E-state index in [0.29, 0.717) is 0 Å². The van der Waals surface area contributed by atoms with Gasteiger partial charge in [0.1, 0.15) is 17.2 Å². The van der Waals surface area contributed by atoms with Gasteiger partial charge < -0.3 is 14.8 Å². The first kappa shape index (κ1) is 16.0. The highest BCUT2D eigenvalue weighted by Crippen LogP contribution is 2.41. The first-order valence-corrected chi connectivity index (χ1v) is 7.49. The number of ether oxygens (including phenoxy) is 2. The highest BCUT2D eigenvalue weighted by atomic mass is 19.1. The largest absolute Gasteiger partial charge is 0.497 e. The zero-order valence-corrected chi connectivity index (χ0v) is 13.3. The molecular weight excluding hydrogens is 315 g/mol. The van der Waals surface area contributed by atoms with Crippen LogP contribution in [0.1, 0.15) is 23.6 Å². The molecule has 1 unspecified atom stereocenters. The molecule has 126 valence electrons. The Morgan fingerprint density at radius 1 is 1.29 bits per heavy atom. The van der Waals surface area contributed by atoms with E-state index in [1.807, 2.05) is 18.2 Å². The van der Waals surface area contributed by atoms with Gasteiger partial charge >= 0.3 is 5.69 Å². The Labute approximate surface area is 138 Å². The number of benzene rings is 2. The van der Waals surface area contributed by atoms with Crippen molar-refractivity contribution in [2.24, 2.45) is 0 Å². The number of hydrogen-bond donors (Lipinski definition) is 1. The molecule has 0 amide bonds. The van der Waals surface area contributed by atoms with Crippen molar-refractivity contribution < 1.29 is 18.8 Å². The molecule has 0 radical (unpaired) electrons. The number of nitro benzene ring substituents is 1. The highest BCUT2D eigenvalue weighted by molar-refractivity contribution is 5.66. The van der Waals surface area contributed by atoms with Crippen LogP contribution >= 0.6 is 0 Å². The Hall–Kier alpha value is -2.83. The molecule has 24 heavy (non-hydrogen) atoms. The summed E-state index contributed by atoms with van der Waals surface area (Å²) in [6, 6.07) is 8.01. The van der Waals surface area contributed by atoms with Crippen LogP contribution in [0.15, 0.2) is 30.3 Å². The summed E-state index contributed by atoms with van der Waals surface area (Å²) in [5.74, 6) is 0.0956. The molecule has 0 heterocycles. The summed E-state index contributed by atoms with van der Waals surface area (Å²) in [6.07, 6.45) is 1.53. The maximum atomic E-state index is 14.1. The average molecular weight is 332 g/mol. The Balaban J connectivity index is 1.99. The third-order valence-corrected chi connectivity index (χ3v) is 4.23. The first-order chi connectivity index (χ1) is 11.5. The number of halogens is 1. The number of hydrogen-bond acceptors (Lipinski definition) is 5. The predicted octanol–water partition coefficient (Wildman–Crippen LogP) is 3.85. The van der Waals surface area contributed by atoms with Crippen LogP contribution in [-0.2, 0) is 6.42 Å². The summed E-state index contributed by atoms with van der Waals surface area (Å²) in [7, 11) is 3.00. The molecule has 0 aromatic heterocycles. The summed E-state index contributed by atoms with van der Waals surface area (Å²) in [6.45, 7) is 0.